The second-order valence-corrected chi connectivity index (χ2v) is 8.03. The molecule has 0 spiro atoms. The lowest BCUT2D eigenvalue weighted by Gasteiger charge is -2.32. The van der Waals surface area contributed by atoms with Gasteiger partial charge in [0.1, 0.15) is 5.82 Å². The predicted molar refractivity (Wildman–Crippen MR) is 115 cm³/mol. The molecule has 0 fully saturated rings. The van der Waals surface area contributed by atoms with Crippen LogP contribution in [0.3, 0.4) is 0 Å². The van der Waals surface area contributed by atoms with Gasteiger partial charge in [-0.15, -0.1) is 0 Å². The highest BCUT2D eigenvalue weighted by molar-refractivity contribution is 5.26. The number of hydrogen-bond acceptors (Lipinski definition) is 1. The topological polar surface area (TPSA) is 8.17 Å². The minimum absolute atomic E-state index is 0.144. The van der Waals surface area contributed by atoms with Gasteiger partial charge in [-0.3, -0.25) is 4.90 Å². The van der Waals surface area contributed by atoms with Gasteiger partial charge >= 0.3 is 0 Å². The summed E-state index contributed by atoms with van der Waals surface area (Å²) < 4.78 is 16.3. The van der Waals surface area contributed by atoms with Crippen molar-refractivity contribution in [2.45, 2.75) is 53.4 Å². The fourth-order valence-electron chi connectivity index (χ4n) is 3.54. The van der Waals surface area contributed by atoms with E-state index < -0.39 is 0 Å². The normalized spacial score (nSPS) is 12.7. The van der Waals surface area contributed by atoms with Gasteiger partial charge in [0, 0.05) is 36.6 Å². The molecule has 2 nitrogen and oxygen atoms in total. The number of hydrogen-bond donors (Lipinski definition) is 0. The number of aryl methyl sites for hydroxylation is 1. The molecule has 1 atom stereocenters. The SMILES string of the molecule is Cc1ccccc1CN(Cc1cccn1Cc1ccccc1F)[C@@H](C)C(C)C. The monoisotopic (exact) mass is 378 g/mol. The minimum Gasteiger partial charge on any atom is -0.346 e. The Morgan fingerprint density at radius 3 is 2.21 bits per heavy atom. The maximum absolute atomic E-state index is 14.1. The number of nitrogens with zero attached hydrogens (tertiary/aromatic N) is 2. The Morgan fingerprint density at radius 1 is 0.857 bits per heavy atom. The lowest BCUT2D eigenvalue weighted by molar-refractivity contribution is 0.148. The van der Waals surface area contributed by atoms with Gasteiger partial charge in [0.05, 0.1) is 6.54 Å². The van der Waals surface area contributed by atoms with Crippen molar-refractivity contribution in [2.24, 2.45) is 5.92 Å². The summed E-state index contributed by atoms with van der Waals surface area (Å²) in [5, 5.41) is 0. The molecule has 28 heavy (non-hydrogen) atoms. The maximum Gasteiger partial charge on any atom is 0.128 e. The molecule has 0 aliphatic rings. The Labute approximate surface area is 168 Å². The third-order valence-corrected chi connectivity index (χ3v) is 5.76. The number of halogens is 1. The average Bonchev–Trinajstić information content (AvgIpc) is 3.11. The van der Waals surface area contributed by atoms with Crippen molar-refractivity contribution in [1.82, 2.24) is 9.47 Å². The molecule has 3 rings (SSSR count). The summed E-state index contributed by atoms with van der Waals surface area (Å²) in [6.07, 6.45) is 2.05. The van der Waals surface area contributed by atoms with Crippen molar-refractivity contribution < 1.29 is 4.39 Å². The highest BCUT2D eigenvalue weighted by atomic mass is 19.1. The van der Waals surface area contributed by atoms with E-state index in [1.54, 1.807) is 6.07 Å². The molecule has 1 heterocycles. The first-order valence-electron chi connectivity index (χ1n) is 10.1. The molecule has 0 N–H and O–H groups in total. The Morgan fingerprint density at radius 2 is 1.54 bits per heavy atom. The third kappa shape index (κ3) is 4.90. The zero-order valence-corrected chi connectivity index (χ0v) is 17.4. The minimum atomic E-state index is -0.144. The second kappa shape index (κ2) is 9.20. The first-order chi connectivity index (χ1) is 13.5. The molecular formula is C25H31FN2. The molecule has 0 unspecified atom stereocenters. The molecule has 1 aromatic heterocycles. The van der Waals surface area contributed by atoms with Crippen LogP contribution in [0, 0.1) is 18.7 Å². The smallest absolute Gasteiger partial charge is 0.128 e. The van der Waals surface area contributed by atoms with E-state index in [4.69, 9.17) is 0 Å². The molecule has 0 radical (unpaired) electrons. The maximum atomic E-state index is 14.1. The zero-order valence-electron chi connectivity index (χ0n) is 17.4. The van der Waals surface area contributed by atoms with E-state index in [9.17, 15) is 4.39 Å². The fourth-order valence-corrected chi connectivity index (χ4v) is 3.54. The van der Waals surface area contributed by atoms with E-state index in [2.05, 4.69) is 73.6 Å². The highest BCUT2D eigenvalue weighted by Gasteiger charge is 2.20. The summed E-state index contributed by atoms with van der Waals surface area (Å²) in [5.74, 6) is 0.411. The van der Waals surface area contributed by atoms with Crippen molar-refractivity contribution in [1.29, 1.82) is 0 Å². The molecule has 3 aromatic rings. The molecule has 0 saturated carbocycles. The lowest BCUT2D eigenvalue weighted by atomic mass is 10.0. The molecule has 3 heteroatoms. The largest absolute Gasteiger partial charge is 0.346 e. The van der Waals surface area contributed by atoms with Crippen LogP contribution < -0.4 is 0 Å². The number of rotatable bonds is 8. The molecule has 0 amide bonds. The molecule has 2 aromatic carbocycles. The molecule has 0 saturated heterocycles. The van der Waals surface area contributed by atoms with Gasteiger partial charge in [0.25, 0.3) is 0 Å². The van der Waals surface area contributed by atoms with E-state index in [0.29, 0.717) is 18.5 Å². The van der Waals surface area contributed by atoms with Crippen LogP contribution in [0.15, 0.2) is 66.9 Å². The molecule has 0 aliphatic carbocycles. The van der Waals surface area contributed by atoms with E-state index >= 15 is 0 Å². The van der Waals surface area contributed by atoms with Gasteiger partial charge in [-0.1, -0.05) is 56.3 Å². The fraction of sp³-hybridized carbons (Fsp3) is 0.360. The van der Waals surface area contributed by atoms with Crippen molar-refractivity contribution >= 4 is 0 Å². The molecule has 148 valence electrons. The molecule has 0 bridgehead atoms. The summed E-state index contributed by atoms with van der Waals surface area (Å²) in [4.78, 5) is 2.53. The van der Waals surface area contributed by atoms with Crippen LogP contribution in [0.5, 0.6) is 0 Å². The van der Waals surface area contributed by atoms with Crippen molar-refractivity contribution in [3.8, 4) is 0 Å². The van der Waals surface area contributed by atoms with Crippen LogP contribution in [-0.2, 0) is 19.6 Å². The van der Waals surface area contributed by atoms with Crippen LogP contribution in [0.1, 0.15) is 43.2 Å². The molecule has 0 aliphatic heterocycles. The molecular weight excluding hydrogens is 347 g/mol. The van der Waals surface area contributed by atoms with Crippen molar-refractivity contribution in [3.63, 3.8) is 0 Å². The Hall–Kier alpha value is -2.39. The summed E-state index contributed by atoms with van der Waals surface area (Å²) >= 11 is 0. The van der Waals surface area contributed by atoms with E-state index in [0.717, 1.165) is 18.7 Å². The number of aromatic nitrogens is 1. The highest BCUT2D eigenvalue weighted by Crippen LogP contribution is 2.21. The van der Waals surface area contributed by atoms with Crippen LogP contribution >= 0.6 is 0 Å². The van der Waals surface area contributed by atoms with Crippen LogP contribution in [0.4, 0.5) is 4.39 Å². The summed E-state index contributed by atoms with van der Waals surface area (Å²) in [6, 6.07) is 20.3. The van der Waals surface area contributed by atoms with Gasteiger partial charge < -0.3 is 4.57 Å². The number of benzene rings is 2. The summed E-state index contributed by atoms with van der Waals surface area (Å²) in [6.45, 7) is 11.3. The average molecular weight is 379 g/mol. The first-order valence-corrected chi connectivity index (χ1v) is 10.1. The Kier molecular flexibility index (Phi) is 6.69. The van der Waals surface area contributed by atoms with Gasteiger partial charge in [0.2, 0.25) is 0 Å². The third-order valence-electron chi connectivity index (χ3n) is 5.76. The Bertz CT molecular complexity index is 897. The summed E-state index contributed by atoms with van der Waals surface area (Å²) in [5.41, 5.74) is 4.62. The Balaban J connectivity index is 1.82. The van der Waals surface area contributed by atoms with Crippen LogP contribution in [0.25, 0.3) is 0 Å². The second-order valence-electron chi connectivity index (χ2n) is 8.03. The van der Waals surface area contributed by atoms with Gasteiger partial charge in [-0.05, 0) is 49.1 Å². The van der Waals surface area contributed by atoms with Crippen LogP contribution in [-0.4, -0.2) is 15.5 Å². The quantitative estimate of drug-likeness (QED) is 0.464. The van der Waals surface area contributed by atoms with Crippen molar-refractivity contribution in [3.05, 3.63) is 95.1 Å². The van der Waals surface area contributed by atoms with Gasteiger partial charge in [-0.25, -0.2) is 4.39 Å². The van der Waals surface area contributed by atoms with Crippen molar-refractivity contribution in [2.75, 3.05) is 0 Å². The van der Waals surface area contributed by atoms with E-state index in [1.807, 2.05) is 18.3 Å². The summed E-state index contributed by atoms with van der Waals surface area (Å²) in [7, 11) is 0. The van der Waals surface area contributed by atoms with E-state index in [1.165, 1.54) is 22.9 Å². The van der Waals surface area contributed by atoms with E-state index in [-0.39, 0.29) is 5.82 Å². The van der Waals surface area contributed by atoms with Gasteiger partial charge in [0.15, 0.2) is 0 Å². The van der Waals surface area contributed by atoms with Crippen LogP contribution in [0.2, 0.25) is 0 Å². The zero-order chi connectivity index (χ0) is 20.1. The lowest BCUT2D eigenvalue weighted by Crippen LogP contribution is -2.36. The standard InChI is InChI=1S/C25H31FN2/c1-19(2)21(4)28(16-22-11-6-5-10-20(22)3)18-24-13-9-15-27(24)17-23-12-7-8-14-25(23)26/h5-15,19,21H,16-18H2,1-4H3/t21-/m0/s1. The predicted octanol–water partition coefficient (Wildman–Crippen LogP) is 6.03. The first kappa shape index (κ1) is 20.3. The van der Waals surface area contributed by atoms with Gasteiger partial charge in [-0.2, -0.15) is 0 Å².